The van der Waals surface area contributed by atoms with Crippen molar-refractivity contribution in [1.29, 1.82) is 0 Å². The van der Waals surface area contributed by atoms with Crippen molar-refractivity contribution in [2.45, 2.75) is 25.2 Å². The van der Waals surface area contributed by atoms with Gasteiger partial charge in [-0.3, -0.25) is 0 Å². The summed E-state index contributed by atoms with van der Waals surface area (Å²) in [4.78, 5) is 3.76. The Hall–Kier alpha value is -1.89. The van der Waals surface area contributed by atoms with Crippen LogP contribution in [0.3, 0.4) is 0 Å². The predicted molar refractivity (Wildman–Crippen MR) is 61.0 cm³/mol. The highest BCUT2D eigenvalue weighted by molar-refractivity contribution is 5.19. The fourth-order valence-corrected chi connectivity index (χ4v) is 1.71. The Kier molecular flexibility index (Phi) is 4.16. The zero-order valence-electron chi connectivity index (χ0n) is 9.89. The van der Waals surface area contributed by atoms with E-state index in [1.165, 1.54) is 0 Å². The molecule has 0 amide bonds. The minimum atomic E-state index is -4.25. The van der Waals surface area contributed by atoms with Crippen molar-refractivity contribution in [2.24, 2.45) is 0 Å². The van der Waals surface area contributed by atoms with Crippen molar-refractivity contribution in [3.8, 4) is 0 Å². The predicted octanol–water partition coefficient (Wildman–Crippen LogP) is 2.85. The maximum Gasteiger partial charge on any atom is 0.390 e. The lowest BCUT2D eigenvalue weighted by Gasteiger charge is -2.20. The maximum atomic E-state index is 12.6. The standard InChI is InChI=1S/C12H12F3N3O/c13-12(14,15)6-10(9-4-2-1-3-5-9)16-7-11-17-8-19-18-11/h1-5,8,10,16H,6-7H2. The van der Waals surface area contributed by atoms with Crippen molar-refractivity contribution in [1.82, 2.24) is 15.5 Å². The van der Waals surface area contributed by atoms with Crippen molar-refractivity contribution in [3.63, 3.8) is 0 Å². The van der Waals surface area contributed by atoms with Gasteiger partial charge < -0.3 is 9.84 Å². The molecule has 0 aliphatic heterocycles. The Balaban J connectivity index is 2.06. The van der Waals surface area contributed by atoms with E-state index < -0.39 is 18.6 Å². The molecule has 0 bridgehead atoms. The molecule has 1 aromatic heterocycles. The monoisotopic (exact) mass is 271 g/mol. The van der Waals surface area contributed by atoms with Gasteiger partial charge in [-0.05, 0) is 5.56 Å². The van der Waals surface area contributed by atoms with Crippen molar-refractivity contribution < 1.29 is 17.7 Å². The van der Waals surface area contributed by atoms with Crippen LogP contribution in [0.25, 0.3) is 0 Å². The summed E-state index contributed by atoms with van der Waals surface area (Å²) in [6.07, 6.45) is -4.06. The summed E-state index contributed by atoms with van der Waals surface area (Å²) < 4.78 is 42.2. The molecule has 7 heteroatoms. The van der Waals surface area contributed by atoms with E-state index in [0.29, 0.717) is 11.4 Å². The first-order valence-electron chi connectivity index (χ1n) is 5.65. The van der Waals surface area contributed by atoms with Gasteiger partial charge in [0, 0.05) is 6.04 Å². The molecule has 0 saturated carbocycles. The molecule has 2 aromatic rings. The van der Waals surface area contributed by atoms with E-state index in [4.69, 9.17) is 0 Å². The lowest BCUT2D eigenvalue weighted by atomic mass is 10.0. The summed E-state index contributed by atoms with van der Waals surface area (Å²) in [5.41, 5.74) is 0.573. The van der Waals surface area contributed by atoms with E-state index in [2.05, 4.69) is 20.0 Å². The van der Waals surface area contributed by atoms with Gasteiger partial charge in [0.15, 0.2) is 5.82 Å². The van der Waals surface area contributed by atoms with Crippen LogP contribution >= 0.6 is 0 Å². The van der Waals surface area contributed by atoms with Crippen LogP contribution in [0.15, 0.2) is 41.2 Å². The average Bonchev–Trinajstić information content (AvgIpc) is 2.87. The van der Waals surface area contributed by atoms with E-state index in [0.717, 1.165) is 6.39 Å². The molecule has 0 saturated heterocycles. The minimum absolute atomic E-state index is 0.117. The summed E-state index contributed by atoms with van der Waals surface area (Å²) in [6, 6.07) is 7.63. The number of aromatic nitrogens is 2. The zero-order chi connectivity index (χ0) is 13.7. The highest BCUT2D eigenvalue weighted by Gasteiger charge is 2.32. The van der Waals surface area contributed by atoms with Gasteiger partial charge in [0.1, 0.15) is 0 Å². The van der Waals surface area contributed by atoms with Crippen molar-refractivity contribution in [3.05, 3.63) is 48.1 Å². The van der Waals surface area contributed by atoms with Crippen LogP contribution in [-0.4, -0.2) is 16.3 Å². The fraction of sp³-hybridized carbons (Fsp3) is 0.333. The largest absolute Gasteiger partial charge is 0.390 e. The van der Waals surface area contributed by atoms with Crippen LogP contribution in [0.4, 0.5) is 13.2 Å². The van der Waals surface area contributed by atoms with Crippen LogP contribution in [0.2, 0.25) is 0 Å². The van der Waals surface area contributed by atoms with E-state index >= 15 is 0 Å². The number of nitrogens with one attached hydrogen (secondary N) is 1. The maximum absolute atomic E-state index is 12.6. The minimum Gasteiger partial charge on any atom is -0.343 e. The van der Waals surface area contributed by atoms with Crippen LogP contribution in [0.1, 0.15) is 23.9 Å². The van der Waals surface area contributed by atoms with Gasteiger partial charge in [-0.1, -0.05) is 35.5 Å². The first-order valence-corrected chi connectivity index (χ1v) is 5.65. The molecule has 0 aliphatic rings. The highest BCUT2D eigenvalue weighted by Crippen LogP contribution is 2.29. The molecule has 19 heavy (non-hydrogen) atoms. The third-order valence-electron chi connectivity index (χ3n) is 2.55. The molecule has 1 heterocycles. The molecule has 1 aromatic carbocycles. The smallest absolute Gasteiger partial charge is 0.343 e. The van der Waals surface area contributed by atoms with E-state index in [9.17, 15) is 13.2 Å². The Morgan fingerprint density at radius 2 is 1.95 bits per heavy atom. The van der Waals surface area contributed by atoms with Crippen molar-refractivity contribution in [2.75, 3.05) is 0 Å². The van der Waals surface area contributed by atoms with E-state index in [1.54, 1.807) is 30.3 Å². The molecule has 4 nitrogen and oxygen atoms in total. The van der Waals surface area contributed by atoms with E-state index in [1.807, 2.05) is 0 Å². The first-order chi connectivity index (χ1) is 9.04. The van der Waals surface area contributed by atoms with Crippen molar-refractivity contribution >= 4 is 0 Å². The molecule has 0 radical (unpaired) electrons. The van der Waals surface area contributed by atoms with Crippen LogP contribution in [0.5, 0.6) is 0 Å². The molecule has 0 fully saturated rings. The van der Waals surface area contributed by atoms with Gasteiger partial charge in [0.05, 0.1) is 13.0 Å². The van der Waals surface area contributed by atoms with Gasteiger partial charge in [-0.25, -0.2) is 0 Å². The van der Waals surface area contributed by atoms with E-state index in [-0.39, 0.29) is 6.54 Å². The molecule has 0 spiro atoms. The summed E-state index contributed by atoms with van der Waals surface area (Å²) in [7, 11) is 0. The third kappa shape index (κ3) is 4.36. The second-order valence-electron chi connectivity index (χ2n) is 4.01. The lowest BCUT2D eigenvalue weighted by Crippen LogP contribution is -2.26. The number of rotatable bonds is 5. The summed E-state index contributed by atoms with van der Waals surface area (Å²) in [6.45, 7) is 0.117. The van der Waals surface area contributed by atoms with Gasteiger partial charge in [-0.15, -0.1) is 0 Å². The Labute approximate surface area is 107 Å². The Morgan fingerprint density at radius 3 is 2.53 bits per heavy atom. The van der Waals surface area contributed by atoms with Crippen LogP contribution in [0, 0.1) is 0 Å². The zero-order valence-corrected chi connectivity index (χ0v) is 9.89. The average molecular weight is 271 g/mol. The number of alkyl halides is 3. The Morgan fingerprint density at radius 1 is 1.21 bits per heavy atom. The van der Waals surface area contributed by atoms with Gasteiger partial charge in [-0.2, -0.15) is 18.2 Å². The molecule has 0 aliphatic carbocycles. The summed E-state index contributed by atoms with van der Waals surface area (Å²) >= 11 is 0. The normalized spacial score (nSPS) is 13.4. The number of hydrogen-bond donors (Lipinski definition) is 1. The molecule has 1 atom stereocenters. The molecule has 2 rings (SSSR count). The quantitative estimate of drug-likeness (QED) is 0.908. The number of halogens is 3. The van der Waals surface area contributed by atoms with Crippen LogP contribution < -0.4 is 5.32 Å². The van der Waals surface area contributed by atoms with Gasteiger partial charge in [0.2, 0.25) is 6.39 Å². The van der Waals surface area contributed by atoms with Gasteiger partial charge in [0.25, 0.3) is 0 Å². The fourth-order valence-electron chi connectivity index (χ4n) is 1.71. The highest BCUT2D eigenvalue weighted by atomic mass is 19.4. The molecule has 1 unspecified atom stereocenters. The SMILES string of the molecule is FC(F)(F)CC(NCc1ncon1)c1ccccc1. The second-order valence-corrected chi connectivity index (χ2v) is 4.01. The first kappa shape index (κ1) is 13.5. The second kappa shape index (κ2) is 5.83. The lowest BCUT2D eigenvalue weighted by molar-refractivity contribution is -0.140. The third-order valence-corrected chi connectivity index (χ3v) is 2.55. The number of hydrogen-bond acceptors (Lipinski definition) is 4. The Bertz CT molecular complexity index is 485. The number of benzene rings is 1. The molecule has 102 valence electrons. The molecular weight excluding hydrogens is 259 g/mol. The molecule has 1 N–H and O–H groups in total. The molecular formula is C12H12F3N3O. The number of nitrogens with zero attached hydrogens (tertiary/aromatic N) is 2. The van der Waals surface area contributed by atoms with Gasteiger partial charge >= 0.3 is 6.18 Å². The summed E-state index contributed by atoms with van der Waals surface area (Å²) in [5.74, 6) is 0.322. The topological polar surface area (TPSA) is 51.0 Å². The summed E-state index contributed by atoms with van der Waals surface area (Å²) in [5, 5.41) is 6.34. The van der Waals surface area contributed by atoms with Crippen LogP contribution in [-0.2, 0) is 6.54 Å².